The molecule has 0 heterocycles. The van der Waals surface area contributed by atoms with E-state index in [9.17, 15) is 5.11 Å². The van der Waals surface area contributed by atoms with Crippen LogP contribution in [0.1, 0.15) is 25.7 Å². The molecule has 0 bridgehead atoms. The maximum absolute atomic E-state index is 9.70. The molecule has 1 N–H and O–H groups in total. The van der Waals surface area contributed by atoms with Gasteiger partial charge in [-0.3, -0.25) is 0 Å². The Balaban J connectivity index is 3.99. The van der Waals surface area contributed by atoms with Crippen LogP contribution in [0.2, 0.25) is 0 Å². The van der Waals surface area contributed by atoms with Crippen molar-refractivity contribution in [1.29, 1.82) is 0 Å². The van der Waals surface area contributed by atoms with Crippen molar-refractivity contribution in [2.24, 2.45) is 0 Å². The van der Waals surface area contributed by atoms with Gasteiger partial charge in [-0.2, -0.15) is 0 Å². The van der Waals surface area contributed by atoms with Crippen LogP contribution in [-0.2, 0) is 0 Å². The second-order valence-electron chi connectivity index (χ2n) is 2.71. The Morgan fingerprint density at radius 2 is 2.08 bits per heavy atom. The third kappa shape index (κ3) is 3.86. The largest absolute Gasteiger partial charge is 0.378 e. The SMILES string of the molecule is C#CCC[C@](O)(C#C)CCC=C. The van der Waals surface area contributed by atoms with Crippen LogP contribution in [0.25, 0.3) is 0 Å². The zero-order valence-electron chi connectivity index (χ0n) is 7.21. The van der Waals surface area contributed by atoms with Crippen LogP contribution < -0.4 is 0 Å². The maximum Gasteiger partial charge on any atom is 0.126 e. The van der Waals surface area contributed by atoms with Crippen LogP contribution in [0.4, 0.5) is 0 Å². The Bertz CT molecular complexity index is 216. The van der Waals surface area contributed by atoms with E-state index >= 15 is 0 Å². The molecule has 0 aromatic heterocycles. The summed E-state index contributed by atoms with van der Waals surface area (Å²) in [5.41, 5.74) is -1.04. The van der Waals surface area contributed by atoms with Gasteiger partial charge in [0.15, 0.2) is 0 Å². The lowest BCUT2D eigenvalue weighted by atomic mass is 9.93. The van der Waals surface area contributed by atoms with E-state index in [2.05, 4.69) is 18.4 Å². The minimum absolute atomic E-state index is 0.466. The van der Waals surface area contributed by atoms with Gasteiger partial charge in [0.1, 0.15) is 5.60 Å². The Morgan fingerprint density at radius 3 is 2.50 bits per heavy atom. The molecule has 0 spiro atoms. The summed E-state index contributed by atoms with van der Waals surface area (Å²) in [5, 5.41) is 9.70. The first-order valence-corrected chi connectivity index (χ1v) is 3.93. The highest BCUT2D eigenvalue weighted by molar-refractivity contribution is 5.09. The van der Waals surface area contributed by atoms with E-state index in [-0.39, 0.29) is 0 Å². The summed E-state index contributed by atoms with van der Waals surface area (Å²) in [5.74, 6) is 4.81. The van der Waals surface area contributed by atoms with Gasteiger partial charge in [-0.1, -0.05) is 12.0 Å². The van der Waals surface area contributed by atoms with Gasteiger partial charge in [-0.05, 0) is 19.3 Å². The second-order valence-corrected chi connectivity index (χ2v) is 2.71. The van der Waals surface area contributed by atoms with E-state index in [1.165, 1.54) is 0 Å². The van der Waals surface area contributed by atoms with Gasteiger partial charge in [0, 0.05) is 6.42 Å². The molecule has 0 saturated carbocycles. The molecule has 0 aliphatic heterocycles. The summed E-state index contributed by atoms with van der Waals surface area (Å²) >= 11 is 0. The molecule has 0 rings (SSSR count). The van der Waals surface area contributed by atoms with E-state index in [1.807, 2.05) is 0 Å². The third-order valence-electron chi connectivity index (χ3n) is 1.71. The number of aliphatic hydroxyl groups is 1. The molecule has 0 aliphatic carbocycles. The molecule has 1 nitrogen and oxygen atoms in total. The molecule has 0 aromatic carbocycles. The fraction of sp³-hybridized carbons (Fsp3) is 0.455. The summed E-state index contributed by atoms with van der Waals surface area (Å²) in [4.78, 5) is 0. The molecule has 1 heteroatoms. The standard InChI is InChI=1S/C11H14O/c1-4-7-9-11(12,6-3)10-8-5-2/h1,3,5,12H,2,7-10H2/t11-/m1/s1. The van der Waals surface area contributed by atoms with Gasteiger partial charge in [-0.15, -0.1) is 25.3 Å². The molecule has 0 aromatic rings. The smallest absolute Gasteiger partial charge is 0.126 e. The van der Waals surface area contributed by atoms with Crippen molar-refractivity contribution in [2.75, 3.05) is 0 Å². The van der Waals surface area contributed by atoms with Crippen LogP contribution in [0, 0.1) is 24.7 Å². The molecular formula is C11H14O. The highest BCUT2D eigenvalue weighted by Crippen LogP contribution is 2.18. The highest BCUT2D eigenvalue weighted by atomic mass is 16.3. The summed E-state index contributed by atoms with van der Waals surface area (Å²) in [6, 6.07) is 0. The number of rotatable bonds is 5. The van der Waals surface area contributed by atoms with Crippen molar-refractivity contribution in [3.63, 3.8) is 0 Å². The van der Waals surface area contributed by atoms with Crippen molar-refractivity contribution in [1.82, 2.24) is 0 Å². The Hall–Kier alpha value is -1.18. The Labute approximate surface area is 74.5 Å². The number of terminal acetylenes is 2. The van der Waals surface area contributed by atoms with Gasteiger partial charge in [-0.25, -0.2) is 0 Å². The fourth-order valence-electron chi connectivity index (χ4n) is 0.889. The normalized spacial score (nSPS) is 13.9. The molecule has 0 aliphatic rings. The second kappa shape index (κ2) is 5.47. The van der Waals surface area contributed by atoms with E-state index in [4.69, 9.17) is 12.8 Å². The van der Waals surface area contributed by atoms with Gasteiger partial charge >= 0.3 is 0 Å². The fourth-order valence-corrected chi connectivity index (χ4v) is 0.889. The third-order valence-corrected chi connectivity index (χ3v) is 1.71. The number of hydrogen-bond donors (Lipinski definition) is 1. The van der Waals surface area contributed by atoms with E-state index < -0.39 is 5.60 Å². The van der Waals surface area contributed by atoms with Crippen molar-refractivity contribution in [3.05, 3.63) is 12.7 Å². The minimum atomic E-state index is -1.04. The molecule has 0 amide bonds. The summed E-state index contributed by atoms with van der Waals surface area (Å²) in [6.07, 6.45) is 14.2. The van der Waals surface area contributed by atoms with Crippen molar-refractivity contribution in [2.45, 2.75) is 31.3 Å². The molecule has 0 fully saturated rings. The zero-order valence-corrected chi connectivity index (χ0v) is 7.21. The summed E-state index contributed by atoms with van der Waals surface area (Å²) in [7, 11) is 0. The van der Waals surface area contributed by atoms with Crippen molar-refractivity contribution < 1.29 is 5.11 Å². The predicted molar refractivity (Wildman–Crippen MR) is 51.3 cm³/mol. The first-order valence-electron chi connectivity index (χ1n) is 3.93. The quantitative estimate of drug-likeness (QED) is 0.482. The average molecular weight is 162 g/mol. The van der Waals surface area contributed by atoms with E-state index in [1.54, 1.807) is 6.08 Å². The molecule has 0 unspecified atom stereocenters. The highest BCUT2D eigenvalue weighted by Gasteiger charge is 2.21. The van der Waals surface area contributed by atoms with Gasteiger partial charge in [0.25, 0.3) is 0 Å². The Kier molecular flexibility index (Phi) is 4.93. The van der Waals surface area contributed by atoms with Gasteiger partial charge in [0.05, 0.1) is 0 Å². The molecule has 0 saturated heterocycles. The Morgan fingerprint density at radius 1 is 1.42 bits per heavy atom. The first-order chi connectivity index (χ1) is 5.68. The maximum atomic E-state index is 9.70. The number of allylic oxidation sites excluding steroid dienone is 1. The molecule has 12 heavy (non-hydrogen) atoms. The minimum Gasteiger partial charge on any atom is -0.378 e. The van der Waals surface area contributed by atoms with Crippen LogP contribution >= 0.6 is 0 Å². The van der Waals surface area contributed by atoms with Crippen LogP contribution in [0.3, 0.4) is 0 Å². The van der Waals surface area contributed by atoms with Gasteiger partial charge < -0.3 is 5.11 Å². The molecule has 0 radical (unpaired) electrons. The first kappa shape index (κ1) is 10.8. The molecule has 1 atom stereocenters. The predicted octanol–water partition coefficient (Wildman–Crippen LogP) is 1.73. The van der Waals surface area contributed by atoms with Crippen molar-refractivity contribution in [3.8, 4) is 24.7 Å². The molecule has 64 valence electrons. The van der Waals surface area contributed by atoms with Crippen LogP contribution in [-0.4, -0.2) is 10.7 Å². The van der Waals surface area contributed by atoms with E-state index in [0.29, 0.717) is 25.7 Å². The zero-order chi connectivity index (χ0) is 9.45. The molecular weight excluding hydrogens is 148 g/mol. The lowest BCUT2D eigenvalue weighted by molar-refractivity contribution is 0.0852. The lowest BCUT2D eigenvalue weighted by Gasteiger charge is -2.19. The van der Waals surface area contributed by atoms with E-state index in [0.717, 1.165) is 0 Å². The average Bonchev–Trinajstić information content (AvgIpc) is 2.11. The number of hydrogen-bond acceptors (Lipinski definition) is 1. The van der Waals surface area contributed by atoms with Gasteiger partial charge in [0.2, 0.25) is 0 Å². The summed E-state index contributed by atoms with van der Waals surface area (Å²) < 4.78 is 0. The lowest BCUT2D eigenvalue weighted by Crippen LogP contribution is -2.25. The van der Waals surface area contributed by atoms with Crippen LogP contribution in [0.5, 0.6) is 0 Å². The topological polar surface area (TPSA) is 20.2 Å². The summed E-state index contributed by atoms with van der Waals surface area (Å²) in [6.45, 7) is 3.56. The van der Waals surface area contributed by atoms with Crippen LogP contribution in [0.15, 0.2) is 12.7 Å². The monoisotopic (exact) mass is 162 g/mol. The van der Waals surface area contributed by atoms with Crippen molar-refractivity contribution >= 4 is 0 Å².